The maximum Gasteiger partial charge on any atom is 0.141 e. The van der Waals surface area contributed by atoms with Crippen molar-refractivity contribution in [3.8, 4) is 11.5 Å². The number of halogens is 1. The van der Waals surface area contributed by atoms with Crippen molar-refractivity contribution in [2.45, 2.75) is 25.8 Å². The third kappa shape index (κ3) is 3.01. The van der Waals surface area contributed by atoms with Crippen LogP contribution in [0.25, 0.3) is 0 Å². The molecule has 0 atom stereocenters. The highest BCUT2D eigenvalue weighted by atomic mass is 35.5. The van der Waals surface area contributed by atoms with Gasteiger partial charge in [0.25, 0.3) is 0 Å². The molecule has 0 saturated carbocycles. The van der Waals surface area contributed by atoms with Crippen molar-refractivity contribution in [3.63, 3.8) is 0 Å². The van der Waals surface area contributed by atoms with Gasteiger partial charge in [0.2, 0.25) is 0 Å². The molecule has 0 fully saturated rings. The number of ether oxygens (including phenoxy) is 1. The Hall–Kier alpha value is -0.930. The molecule has 4 heteroatoms. The van der Waals surface area contributed by atoms with Crippen LogP contribution in [0.2, 0.25) is 5.02 Å². The molecule has 0 saturated heterocycles. The number of aromatic hydroxyl groups is 1. The second kappa shape index (κ2) is 4.29. The van der Waals surface area contributed by atoms with Gasteiger partial charge in [0, 0.05) is 5.54 Å². The molecule has 84 valence electrons. The summed E-state index contributed by atoms with van der Waals surface area (Å²) in [7, 11) is 1.51. The molecule has 0 radical (unpaired) electrons. The van der Waals surface area contributed by atoms with Crippen LogP contribution in [-0.4, -0.2) is 17.8 Å². The minimum atomic E-state index is -0.380. The third-order valence-electron chi connectivity index (χ3n) is 2.03. The zero-order valence-corrected chi connectivity index (χ0v) is 9.93. The van der Waals surface area contributed by atoms with E-state index in [0.717, 1.165) is 5.56 Å². The summed E-state index contributed by atoms with van der Waals surface area (Å²) < 4.78 is 4.99. The van der Waals surface area contributed by atoms with Crippen LogP contribution in [0.5, 0.6) is 11.5 Å². The van der Waals surface area contributed by atoms with Gasteiger partial charge in [-0.2, -0.15) is 0 Å². The van der Waals surface area contributed by atoms with Crippen molar-refractivity contribution < 1.29 is 9.84 Å². The number of methoxy groups -OCH3 is 1. The average Bonchev–Trinajstić information content (AvgIpc) is 2.11. The van der Waals surface area contributed by atoms with Gasteiger partial charge in [-0.3, -0.25) is 0 Å². The number of phenolic OH excluding ortho intramolecular Hbond substituents is 1. The number of hydrogen-bond acceptors (Lipinski definition) is 3. The maximum absolute atomic E-state index is 9.81. The SMILES string of the molecule is COc1ccc(CC(C)(C)N)c(O)c1Cl. The average molecular weight is 230 g/mol. The lowest BCUT2D eigenvalue weighted by atomic mass is 9.95. The van der Waals surface area contributed by atoms with E-state index >= 15 is 0 Å². The van der Waals surface area contributed by atoms with Gasteiger partial charge in [-0.25, -0.2) is 0 Å². The van der Waals surface area contributed by atoms with E-state index in [1.165, 1.54) is 7.11 Å². The molecule has 15 heavy (non-hydrogen) atoms. The number of benzene rings is 1. The van der Waals surface area contributed by atoms with Crippen LogP contribution in [-0.2, 0) is 6.42 Å². The fraction of sp³-hybridized carbons (Fsp3) is 0.455. The summed E-state index contributed by atoms with van der Waals surface area (Å²) in [6, 6.07) is 3.50. The normalized spacial score (nSPS) is 11.5. The number of nitrogens with two attached hydrogens (primary N) is 1. The topological polar surface area (TPSA) is 55.5 Å². The van der Waals surface area contributed by atoms with Crippen LogP contribution in [0.3, 0.4) is 0 Å². The standard InChI is InChI=1S/C11H16ClNO2/c1-11(2,13)6-7-4-5-8(15-3)9(12)10(7)14/h4-5,14H,6,13H2,1-3H3. The van der Waals surface area contributed by atoms with E-state index in [1.54, 1.807) is 12.1 Å². The Kier molecular flexibility index (Phi) is 3.47. The fourth-order valence-electron chi connectivity index (χ4n) is 1.38. The first-order chi connectivity index (χ1) is 6.85. The van der Waals surface area contributed by atoms with Crippen molar-refractivity contribution >= 4 is 11.6 Å². The minimum absolute atomic E-state index is 0.0505. The molecule has 1 rings (SSSR count). The van der Waals surface area contributed by atoms with E-state index in [0.29, 0.717) is 12.2 Å². The molecule has 0 amide bonds. The fourth-order valence-corrected chi connectivity index (χ4v) is 1.64. The molecule has 0 aliphatic heterocycles. The van der Waals surface area contributed by atoms with Gasteiger partial charge in [-0.1, -0.05) is 17.7 Å². The van der Waals surface area contributed by atoms with E-state index in [-0.39, 0.29) is 16.3 Å². The molecular weight excluding hydrogens is 214 g/mol. The van der Waals surface area contributed by atoms with Gasteiger partial charge in [0.15, 0.2) is 0 Å². The van der Waals surface area contributed by atoms with Gasteiger partial charge in [0.05, 0.1) is 7.11 Å². The van der Waals surface area contributed by atoms with Crippen molar-refractivity contribution in [2.24, 2.45) is 5.73 Å². The lowest BCUT2D eigenvalue weighted by molar-refractivity contribution is 0.404. The van der Waals surface area contributed by atoms with Crippen LogP contribution in [0, 0.1) is 0 Å². The van der Waals surface area contributed by atoms with Crippen LogP contribution in [0.1, 0.15) is 19.4 Å². The highest BCUT2D eigenvalue weighted by Crippen LogP contribution is 2.36. The molecule has 0 bridgehead atoms. The quantitative estimate of drug-likeness (QED) is 0.837. The maximum atomic E-state index is 9.81. The molecular formula is C11H16ClNO2. The Labute approximate surface area is 94.8 Å². The van der Waals surface area contributed by atoms with Gasteiger partial charge < -0.3 is 15.6 Å². The van der Waals surface area contributed by atoms with Gasteiger partial charge >= 0.3 is 0 Å². The molecule has 3 nitrogen and oxygen atoms in total. The largest absolute Gasteiger partial charge is 0.506 e. The van der Waals surface area contributed by atoms with Crippen LogP contribution in [0.15, 0.2) is 12.1 Å². The molecule has 0 unspecified atom stereocenters. The molecule has 1 aromatic carbocycles. The summed E-state index contributed by atoms with van der Waals surface area (Å²) in [4.78, 5) is 0. The summed E-state index contributed by atoms with van der Waals surface area (Å²) in [5, 5.41) is 10.0. The molecule has 0 aromatic heterocycles. The van der Waals surface area contributed by atoms with Crippen molar-refractivity contribution in [1.29, 1.82) is 0 Å². The first kappa shape index (κ1) is 12.1. The minimum Gasteiger partial charge on any atom is -0.506 e. The van der Waals surface area contributed by atoms with E-state index < -0.39 is 0 Å². The van der Waals surface area contributed by atoms with Crippen molar-refractivity contribution in [3.05, 3.63) is 22.7 Å². The monoisotopic (exact) mass is 229 g/mol. The summed E-state index contributed by atoms with van der Waals surface area (Å²) in [6.45, 7) is 3.79. The Balaban J connectivity index is 3.07. The highest BCUT2D eigenvalue weighted by molar-refractivity contribution is 6.33. The van der Waals surface area contributed by atoms with E-state index in [1.807, 2.05) is 13.8 Å². The summed E-state index contributed by atoms with van der Waals surface area (Å²) in [5.74, 6) is 0.516. The molecule has 1 aromatic rings. The zero-order valence-electron chi connectivity index (χ0n) is 9.17. The van der Waals surface area contributed by atoms with Gasteiger partial charge in [0.1, 0.15) is 16.5 Å². The summed E-state index contributed by atoms with van der Waals surface area (Å²) >= 11 is 5.91. The molecule has 0 aliphatic carbocycles. The Bertz CT molecular complexity index is 358. The van der Waals surface area contributed by atoms with Crippen LogP contribution in [0.4, 0.5) is 0 Å². The van der Waals surface area contributed by atoms with Gasteiger partial charge in [-0.05, 0) is 31.9 Å². The second-order valence-corrected chi connectivity index (χ2v) is 4.63. The van der Waals surface area contributed by atoms with Crippen molar-refractivity contribution in [1.82, 2.24) is 0 Å². The zero-order chi connectivity index (χ0) is 11.6. The third-order valence-corrected chi connectivity index (χ3v) is 2.40. The summed E-state index contributed by atoms with van der Waals surface area (Å²) in [5.41, 5.74) is 6.22. The Morgan fingerprint density at radius 2 is 2.07 bits per heavy atom. The number of rotatable bonds is 3. The predicted octanol–water partition coefficient (Wildman–Crippen LogP) is 2.33. The Morgan fingerprint density at radius 1 is 1.47 bits per heavy atom. The Morgan fingerprint density at radius 3 is 2.53 bits per heavy atom. The highest BCUT2D eigenvalue weighted by Gasteiger charge is 2.17. The lowest BCUT2D eigenvalue weighted by Gasteiger charge is -2.19. The van der Waals surface area contributed by atoms with E-state index in [2.05, 4.69) is 0 Å². The van der Waals surface area contributed by atoms with Crippen LogP contribution < -0.4 is 10.5 Å². The van der Waals surface area contributed by atoms with Crippen LogP contribution >= 0.6 is 11.6 Å². The smallest absolute Gasteiger partial charge is 0.141 e. The molecule has 3 N–H and O–H groups in total. The number of phenols is 1. The predicted molar refractivity (Wildman–Crippen MR) is 61.6 cm³/mol. The van der Waals surface area contributed by atoms with Gasteiger partial charge in [-0.15, -0.1) is 0 Å². The number of hydrogen-bond donors (Lipinski definition) is 2. The van der Waals surface area contributed by atoms with E-state index in [9.17, 15) is 5.11 Å². The molecule has 0 aliphatic rings. The first-order valence-corrected chi connectivity index (χ1v) is 5.06. The second-order valence-electron chi connectivity index (χ2n) is 4.25. The lowest BCUT2D eigenvalue weighted by Crippen LogP contribution is -2.34. The summed E-state index contributed by atoms with van der Waals surface area (Å²) in [6.07, 6.45) is 0.558. The van der Waals surface area contributed by atoms with E-state index in [4.69, 9.17) is 22.1 Å². The molecule has 0 heterocycles. The molecule has 0 spiro atoms. The first-order valence-electron chi connectivity index (χ1n) is 4.68. The van der Waals surface area contributed by atoms with Crippen molar-refractivity contribution in [2.75, 3.05) is 7.11 Å².